The Morgan fingerprint density at radius 2 is 1.35 bits per heavy atom. The lowest BCUT2D eigenvalue weighted by molar-refractivity contribution is -0.116. The number of aliphatic hydroxyl groups is 4. The third kappa shape index (κ3) is 7.60. The summed E-state index contributed by atoms with van der Waals surface area (Å²) < 4.78 is 1.21. The summed E-state index contributed by atoms with van der Waals surface area (Å²) in [5.41, 5.74) is 0.684. The molecule has 6 N–H and O–H groups in total. The largest absolute Gasteiger partial charge is 0.395 e. The van der Waals surface area contributed by atoms with Gasteiger partial charge in [-0.1, -0.05) is 0 Å². The predicted octanol–water partition coefficient (Wildman–Crippen LogP) is 0.0408. The number of rotatable bonds is 11. The first kappa shape index (κ1) is 28.7. The highest BCUT2D eigenvalue weighted by molar-refractivity contribution is 14.1. The van der Waals surface area contributed by atoms with E-state index in [1.54, 1.807) is 0 Å². The number of hydrogen-bond donors (Lipinski definition) is 6. The van der Waals surface area contributed by atoms with Crippen LogP contribution < -0.4 is 15.5 Å². The second-order valence-electron chi connectivity index (χ2n) is 6.30. The number of benzene rings is 1. The van der Waals surface area contributed by atoms with Gasteiger partial charge in [0.1, 0.15) is 0 Å². The topological polar surface area (TPSA) is 159 Å². The van der Waals surface area contributed by atoms with Crippen molar-refractivity contribution in [1.29, 1.82) is 0 Å². The zero-order valence-electron chi connectivity index (χ0n) is 16.6. The summed E-state index contributed by atoms with van der Waals surface area (Å²) in [6.45, 7) is 0.411. The second-order valence-corrected chi connectivity index (χ2v) is 9.53. The lowest BCUT2D eigenvalue weighted by Gasteiger charge is -2.28. The van der Waals surface area contributed by atoms with Gasteiger partial charge in [0, 0.05) is 30.1 Å². The number of aliphatic hydroxyl groups excluding tert-OH is 4. The first-order valence-corrected chi connectivity index (χ1v) is 12.4. The molecular formula is C18H24I3N3O7. The van der Waals surface area contributed by atoms with E-state index < -0.39 is 24.5 Å². The maximum absolute atomic E-state index is 12.8. The summed E-state index contributed by atoms with van der Waals surface area (Å²) >= 11 is 5.75. The van der Waals surface area contributed by atoms with Crippen LogP contribution in [0.4, 0.5) is 5.69 Å². The number of carbonyl (C=O) groups excluding carboxylic acids is 3. The molecular weight excluding hydrogens is 751 g/mol. The number of nitrogens with one attached hydrogen (secondary N) is 2. The molecule has 0 spiro atoms. The fraction of sp³-hybridized carbons (Fsp3) is 0.500. The highest BCUT2D eigenvalue weighted by atomic mass is 127. The third-order valence-corrected chi connectivity index (χ3v) is 7.27. The lowest BCUT2D eigenvalue weighted by atomic mass is 10.1. The van der Waals surface area contributed by atoms with Crippen molar-refractivity contribution in [3.05, 3.63) is 21.8 Å². The van der Waals surface area contributed by atoms with Gasteiger partial charge in [0.15, 0.2) is 0 Å². The summed E-state index contributed by atoms with van der Waals surface area (Å²) in [5.74, 6) is -1.41. The minimum Gasteiger partial charge on any atom is -0.395 e. The molecule has 31 heavy (non-hydrogen) atoms. The Hall–Kier alpha value is -0.340. The number of carbonyl (C=O) groups is 3. The van der Waals surface area contributed by atoms with E-state index in [-0.39, 0.29) is 56.3 Å². The summed E-state index contributed by atoms with van der Waals surface area (Å²) in [4.78, 5) is 39.4. The van der Waals surface area contributed by atoms with Crippen LogP contribution in [-0.4, -0.2) is 83.7 Å². The van der Waals surface area contributed by atoms with E-state index in [2.05, 4.69) is 10.6 Å². The van der Waals surface area contributed by atoms with E-state index in [4.69, 9.17) is 15.3 Å². The van der Waals surface area contributed by atoms with E-state index in [0.717, 1.165) is 0 Å². The Bertz CT molecular complexity index is 776. The first-order valence-electron chi connectivity index (χ1n) is 9.17. The number of nitrogens with zero attached hydrogens (tertiary/aromatic N) is 1. The first-order chi connectivity index (χ1) is 14.6. The SMILES string of the molecule is CC(=O)N(CCC(O)CO)c1c(I)c(C(=O)NCCO)c(I)c(C(=O)NCCO)c1I. The van der Waals surface area contributed by atoms with E-state index >= 15 is 0 Å². The molecule has 174 valence electrons. The molecule has 0 aliphatic heterocycles. The summed E-state index contributed by atoms with van der Waals surface area (Å²) in [6.07, 6.45) is -0.938. The Morgan fingerprint density at radius 1 is 0.903 bits per heavy atom. The van der Waals surface area contributed by atoms with Gasteiger partial charge in [-0.2, -0.15) is 0 Å². The van der Waals surface area contributed by atoms with Crippen molar-refractivity contribution >= 4 is 91.2 Å². The molecule has 1 rings (SSSR count). The lowest BCUT2D eigenvalue weighted by Crippen LogP contribution is -2.37. The maximum Gasteiger partial charge on any atom is 0.253 e. The molecule has 0 heterocycles. The molecule has 0 saturated heterocycles. The minimum atomic E-state index is -1.03. The average Bonchev–Trinajstić information content (AvgIpc) is 2.72. The molecule has 1 aromatic carbocycles. The van der Waals surface area contributed by atoms with Gasteiger partial charge in [-0.15, -0.1) is 0 Å². The zero-order valence-corrected chi connectivity index (χ0v) is 23.1. The van der Waals surface area contributed by atoms with Crippen molar-refractivity contribution in [2.24, 2.45) is 0 Å². The van der Waals surface area contributed by atoms with Crippen LogP contribution in [0.25, 0.3) is 0 Å². The standard InChI is InChI=1S/C18H24I3N3O7/c1-9(28)24(5-2-10(29)8-27)16-14(20)11(17(30)22-3-6-25)13(19)12(15(16)21)18(31)23-4-7-26/h10,25-27,29H,2-8H2,1H3,(H,22,30)(H,23,31). The van der Waals surface area contributed by atoms with Crippen LogP contribution in [0.15, 0.2) is 0 Å². The van der Waals surface area contributed by atoms with Crippen molar-refractivity contribution in [3.8, 4) is 0 Å². The molecule has 10 nitrogen and oxygen atoms in total. The van der Waals surface area contributed by atoms with Crippen LogP contribution in [0, 0.1) is 10.7 Å². The smallest absolute Gasteiger partial charge is 0.253 e. The van der Waals surface area contributed by atoms with E-state index in [1.807, 2.05) is 67.8 Å². The monoisotopic (exact) mass is 775 g/mol. The van der Waals surface area contributed by atoms with Crippen LogP contribution in [0.5, 0.6) is 0 Å². The van der Waals surface area contributed by atoms with Gasteiger partial charge in [0.25, 0.3) is 11.8 Å². The summed E-state index contributed by atoms with van der Waals surface area (Å²) in [5, 5.41) is 42.0. The maximum atomic E-state index is 12.8. The van der Waals surface area contributed by atoms with Crippen molar-refractivity contribution in [3.63, 3.8) is 0 Å². The average molecular weight is 775 g/mol. The number of halogens is 3. The summed E-state index contributed by atoms with van der Waals surface area (Å²) in [6, 6.07) is 0. The molecule has 0 radical (unpaired) electrons. The van der Waals surface area contributed by atoms with E-state index in [1.165, 1.54) is 11.8 Å². The second kappa shape index (κ2) is 14.0. The molecule has 0 bridgehead atoms. The van der Waals surface area contributed by atoms with Gasteiger partial charge in [-0.05, 0) is 74.2 Å². The van der Waals surface area contributed by atoms with Crippen molar-refractivity contribution in [2.45, 2.75) is 19.4 Å². The molecule has 3 amide bonds. The molecule has 1 unspecified atom stereocenters. The molecule has 0 fully saturated rings. The molecule has 0 aromatic heterocycles. The Balaban J connectivity index is 3.71. The van der Waals surface area contributed by atoms with Crippen LogP contribution in [0.3, 0.4) is 0 Å². The minimum absolute atomic E-state index is 0.0114. The van der Waals surface area contributed by atoms with Crippen LogP contribution in [0.1, 0.15) is 34.1 Å². The zero-order chi connectivity index (χ0) is 23.7. The Kier molecular flexibility index (Phi) is 13.0. The van der Waals surface area contributed by atoms with Crippen molar-refractivity contribution in [1.82, 2.24) is 10.6 Å². The van der Waals surface area contributed by atoms with Crippen LogP contribution in [0.2, 0.25) is 0 Å². The van der Waals surface area contributed by atoms with Crippen LogP contribution in [-0.2, 0) is 4.79 Å². The third-order valence-electron chi connectivity index (χ3n) is 4.09. The van der Waals surface area contributed by atoms with Gasteiger partial charge in [0.05, 0.1) is 49.9 Å². The number of anilines is 1. The Morgan fingerprint density at radius 3 is 1.71 bits per heavy atom. The molecule has 1 atom stereocenters. The van der Waals surface area contributed by atoms with Crippen molar-refractivity contribution in [2.75, 3.05) is 44.4 Å². The number of hydrogen-bond acceptors (Lipinski definition) is 7. The van der Waals surface area contributed by atoms with Crippen molar-refractivity contribution < 1.29 is 34.8 Å². The Labute approximate surface area is 220 Å². The van der Waals surface area contributed by atoms with Gasteiger partial charge >= 0.3 is 0 Å². The normalized spacial score (nSPS) is 11.7. The fourth-order valence-electron chi connectivity index (χ4n) is 2.60. The highest BCUT2D eigenvalue weighted by Crippen LogP contribution is 2.38. The van der Waals surface area contributed by atoms with Gasteiger partial charge < -0.3 is 36.0 Å². The predicted molar refractivity (Wildman–Crippen MR) is 139 cm³/mol. The van der Waals surface area contributed by atoms with Crippen LogP contribution >= 0.6 is 67.8 Å². The fourth-order valence-corrected chi connectivity index (χ4v) is 7.33. The molecule has 0 saturated carbocycles. The van der Waals surface area contributed by atoms with Gasteiger partial charge in [-0.3, -0.25) is 14.4 Å². The number of amides is 3. The quantitative estimate of drug-likeness (QED) is 0.173. The van der Waals surface area contributed by atoms with Gasteiger partial charge in [-0.25, -0.2) is 0 Å². The highest BCUT2D eigenvalue weighted by Gasteiger charge is 2.31. The molecule has 1 aromatic rings. The van der Waals surface area contributed by atoms with E-state index in [9.17, 15) is 19.5 Å². The van der Waals surface area contributed by atoms with E-state index in [0.29, 0.717) is 16.4 Å². The van der Waals surface area contributed by atoms with Gasteiger partial charge in [0.2, 0.25) is 5.91 Å². The molecule has 0 aliphatic rings. The summed E-state index contributed by atoms with van der Waals surface area (Å²) in [7, 11) is 0. The molecule has 0 aliphatic carbocycles. The molecule has 13 heteroatoms.